The summed E-state index contributed by atoms with van der Waals surface area (Å²) in [6, 6.07) is 10.4. The predicted molar refractivity (Wildman–Crippen MR) is 79.2 cm³/mol. The highest BCUT2D eigenvalue weighted by Crippen LogP contribution is 2.23. The van der Waals surface area contributed by atoms with Gasteiger partial charge in [0.15, 0.2) is 0 Å². The minimum absolute atomic E-state index is 0.105. The molecule has 4 N–H and O–H groups in total. The minimum atomic E-state index is -0.408. The number of hydrazine groups is 1. The van der Waals surface area contributed by atoms with Gasteiger partial charge in [-0.15, -0.1) is 0 Å². The van der Waals surface area contributed by atoms with E-state index in [1.54, 1.807) is 18.2 Å². The number of hydrogen-bond acceptors (Lipinski definition) is 4. The molecule has 2 rings (SSSR count). The molecule has 7 heteroatoms. The number of pyridine rings is 1. The van der Waals surface area contributed by atoms with Crippen LogP contribution in [0.3, 0.4) is 0 Å². The normalized spacial score (nSPS) is 10.1. The smallest absolute Gasteiger partial charge is 0.275 e. The van der Waals surface area contributed by atoms with Gasteiger partial charge in [-0.25, -0.2) is 10.8 Å². The second-order valence-electron chi connectivity index (χ2n) is 3.61. The van der Waals surface area contributed by atoms with Crippen molar-refractivity contribution in [2.24, 2.45) is 5.84 Å². The number of carbonyl (C=O) groups is 1. The van der Waals surface area contributed by atoms with E-state index in [9.17, 15) is 4.79 Å². The summed E-state index contributed by atoms with van der Waals surface area (Å²) in [5, 5.41) is 2.97. The number of carbonyl (C=O) groups excluding carboxylic acids is 1. The van der Waals surface area contributed by atoms with Gasteiger partial charge in [-0.2, -0.15) is 0 Å². The topological polar surface area (TPSA) is 80.0 Å². The molecule has 1 aromatic carbocycles. The van der Waals surface area contributed by atoms with Crippen LogP contribution < -0.4 is 16.6 Å². The van der Waals surface area contributed by atoms with Gasteiger partial charge in [0, 0.05) is 4.47 Å². The van der Waals surface area contributed by atoms with E-state index in [0.29, 0.717) is 11.5 Å². The molecular weight excluding hydrogens is 332 g/mol. The van der Waals surface area contributed by atoms with Crippen LogP contribution in [0.25, 0.3) is 0 Å². The number of halogens is 2. The van der Waals surface area contributed by atoms with Crippen LogP contribution >= 0.6 is 27.5 Å². The van der Waals surface area contributed by atoms with Crippen molar-refractivity contribution in [3.05, 3.63) is 51.6 Å². The molecule has 0 aliphatic carbocycles. The first kappa shape index (κ1) is 13.8. The zero-order valence-electron chi connectivity index (χ0n) is 9.65. The van der Waals surface area contributed by atoms with Crippen molar-refractivity contribution in [1.29, 1.82) is 0 Å². The summed E-state index contributed by atoms with van der Waals surface area (Å²) in [7, 11) is 0. The molecule has 0 unspecified atom stereocenters. The van der Waals surface area contributed by atoms with Gasteiger partial charge in [-0.05, 0) is 40.2 Å². The summed E-state index contributed by atoms with van der Waals surface area (Å²) in [6.45, 7) is 0. The first-order valence-electron chi connectivity index (χ1n) is 5.31. The van der Waals surface area contributed by atoms with Crippen LogP contribution in [-0.4, -0.2) is 10.9 Å². The van der Waals surface area contributed by atoms with E-state index in [0.717, 1.165) is 4.47 Å². The van der Waals surface area contributed by atoms with Crippen molar-refractivity contribution < 1.29 is 4.79 Å². The Morgan fingerprint density at radius 3 is 2.68 bits per heavy atom. The lowest BCUT2D eigenvalue weighted by molar-refractivity contribution is 0.102. The lowest BCUT2D eigenvalue weighted by Crippen LogP contribution is -2.17. The van der Waals surface area contributed by atoms with Crippen LogP contribution in [0.4, 0.5) is 11.5 Å². The lowest BCUT2D eigenvalue weighted by atomic mass is 10.3. The van der Waals surface area contributed by atoms with Crippen LogP contribution in [0.2, 0.25) is 5.02 Å². The number of anilines is 2. The van der Waals surface area contributed by atoms with Crippen LogP contribution in [0.1, 0.15) is 10.5 Å². The Bertz CT molecular complexity index is 620. The van der Waals surface area contributed by atoms with Gasteiger partial charge in [0.2, 0.25) is 0 Å². The van der Waals surface area contributed by atoms with Gasteiger partial charge in [0.1, 0.15) is 11.5 Å². The van der Waals surface area contributed by atoms with Crippen LogP contribution in [0.5, 0.6) is 0 Å². The van der Waals surface area contributed by atoms with Crippen molar-refractivity contribution in [3.8, 4) is 0 Å². The fourth-order valence-electron chi connectivity index (χ4n) is 1.43. The number of aromatic nitrogens is 1. The van der Waals surface area contributed by atoms with Crippen molar-refractivity contribution in [2.75, 3.05) is 10.7 Å². The molecule has 0 bridgehead atoms. The Hall–Kier alpha value is -1.63. The van der Waals surface area contributed by atoms with E-state index in [1.165, 1.54) is 0 Å². The SMILES string of the molecule is NNc1ccc(Cl)c(C(=O)Nc2ccccc2Br)n1. The van der Waals surface area contributed by atoms with Crippen molar-refractivity contribution in [3.63, 3.8) is 0 Å². The first-order valence-corrected chi connectivity index (χ1v) is 6.48. The minimum Gasteiger partial charge on any atom is -0.320 e. The molecule has 0 saturated heterocycles. The number of nitrogen functional groups attached to an aromatic ring is 1. The van der Waals surface area contributed by atoms with Gasteiger partial charge in [-0.3, -0.25) is 4.79 Å². The molecule has 1 heterocycles. The van der Waals surface area contributed by atoms with E-state index in [-0.39, 0.29) is 10.7 Å². The van der Waals surface area contributed by atoms with Gasteiger partial charge in [-0.1, -0.05) is 23.7 Å². The Labute approximate surface area is 123 Å². The van der Waals surface area contributed by atoms with Gasteiger partial charge < -0.3 is 10.7 Å². The fraction of sp³-hybridized carbons (Fsp3) is 0. The molecule has 0 fully saturated rings. The highest BCUT2D eigenvalue weighted by molar-refractivity contribution is 9.10. The highest BCUT2D eigenvalue weighted by Gasteiger charge is 2.14. The van der Waals surface area contributed by atoms with Gasteiger partial charge in [0.05, 0.1) is 10.7 Å². The molecule has 0 aliphatic heterocycles. The third kappa shape index (κ3) is 3.23. The summed E-state index contributed by atoms with van der Waals surface area (Å²) in [5.74, 6) is 5.21. The molecule has 98 valence electrons. The zero-order valence-corrected chi connectivity index (χ0v) is 12.0. The Kier molecular flexibility index (Phi) is 4.36. The Balaban J connectivity index is 2.28. The maximum atomic E-state index is 12.1. The summed E-state index contributed by atoms with van der Waals surface area (Å²) in [6.07, 6.45) is 0. The number of nitrogens with zero attached hydrogens (tertiary/aromatic N) is 1. The molecule has 1 amide bonds. The van der Waals surface area contributed by atoms with E-state index in [2.05, 4.69) is 31.7 Å². The Morgan fingerprint density at radius 1 is 1.26 bits per heavy atom. The largest absolute Gasteiger partial charge is 0.320 e. The number of nitrogens with one attached hydrogen (secondary N) is 2. The van der Waals surface area contributed by atoms with Crippen molar-refractivity contribution >= 4 is 44.9 Å². The third-order valence-electron chi connectivity index (χ3n) is 2.33. The standard InChI is InChI=1S/C12H10BrClN4O/c13-7-3-1-2-4-9(7)16-12(19)11-8(14)5-6-10(17-11)18-15/h1-6H,15H2,(H,16,19)(H,17,18). The summed E-state index contributed by atoms with van der Waals surface area (Å²) in [5.41, 5.74) is 3.11. The monoisotopic (exact) mass is 340 g/mol. The van der Waals surface area contributed by atoms with E-state index in [4.69, 9.17) is 17.4 Å². The predicted octanol–water partition coefficient (Wildman–Crippen LogP) is 3.04. The second kappa shape index (κ2) is 6.01. The second-order valence-corrected chi connectivity index (χ2v) is 4.87. The molecule has 2 aromatic rings. The molecule has 0 saturated carbocycles. The lowest BCUT2D eigenvalue weighted by Gasteiger charge is -2.09. The molecular formula is C12H10BrClN4O. The zero-order chi connectivity index (χ0) is 13.8. The van der Waals surface area contributed by atoms with E-state index in [1.807, 2.05) is 18.2 Å². The fourth-order valence-corrected chi connectivity index (χ4v) is 2.00. The number of para-hydroxylation sites is 1. The molecule has 1 aromatic heterocycles. The molecule has 5 nitrogen and oxygen atoms in total. The third-order valence-corrected chi connectivity index (χ3v) is 3.33. The molecule has 19 heavy (non-hydrogen) atoms. The number of benzene rings is 1. The maximum absolute atomic E-state index is 12.1. The average molecular weight is 342 g/mol. The number of hydrogen-bond donors (Lipinski definition) is 3. The molecule has 0 aliphatic rings. The molecule has 0 radical (unpaired) electrons. The number of rotatable bonds is 3. The van der Waals surface area contributed by atoms with Gasteiger partial charge >= 0.3 is 0 Å². The van der Waals surface area contributed by atoms with Crippen LogP contribution in [-0.2, 0) is 0 Å². The van der Waals surface area contributed by atoms with E-state index < -0.39 is 5.91 Å². The summed E-state index contributed by atoms with van der Waals surface area (Å²) < 4.78 is 0.771. The maximum Gasteiger partial charge on any atom is 0.275 e. The Morgan fingerprint density at radius 2 is 2.00 bits per heavy atom. The highest BCUT2D eigenvalue weighted by atomic mass is 79.9. The average Bonchev–Trinajstić information content (AvgIpc) is 2.42. The summed E-state index contributed by atoms with van der Waals surface area (Å²) >= 11 is 9.29. The molecule has 0 spiro atoms. The molecule has 0 atom stereocenters. The van der Waals surface area contributed by atoms with Crippen molar-refractivity contribution in [2.45, 2.75) is 0 Å². The van der Waals surface area contributed by atoms with Crippen molar-refractivity contribution in [1.82, 2.24) is 4.98 Å². The first-order chi connectivity index (χ1) is 9.11. The van der Waals surface area contributed by atoms with Gasteiger partial charge in [0.25, 0.3) is 5.91 Å². The summed E-state index contributed by atoms with van der Waals surface area (Å²) in [4.78, 5) is 16.1. The van der Waals surface area contributed by atoms with Crippen LogP contribution in [0.15, 0.2) is 40.9 Å². The van der Waals surface area contributed by atoms with E-state index >= 15 is 0 Å². The van der Waals surface area contributed by atoms with Crippen LogP contribution in [0, 0.1) is 0 Å². The number of amides is 1. The number of nitrogens with two attached hydrogens (primary N) is 1. The quantitative estimate of drug-likeness (QED) is 0.592.